The van der Waals surface area contributed by atoms with Crippen molar-refractivity contribution in [3.8, 4) is 17.1 Å². The minimum Gasteiger partial charge on any atom is -0.494 e. The Morgan fingerprint density at radius 3 is 2.72 bits per heavy atom. The number of rotatable bonds is 6. The van der Waals surface area contributed by atoms with Gasteiger partial charge in [0.05, 0.1) is 12.7 Å². The summed E-state index contributed by atoms with van der Waals surface area (Å²) in [5, 5.41) is 17.6. The van der Waals surface area contributed by atoms with Crippen LogP contribution in [0.15, 0.2) is 22.7 Å². The Hall–Kier alpha value is -2.65. The summed E-state index contributed by atoms with van der Waals surface area (Å²) >= 11 is 0. The number of carbonyl (C=O) groups is 1. The fraction of sp³-hybridized carbons (Fsp3) is 0.500. The van der Waals surface area contributed by atoms with Crippen molar-refractivity contribution in [2.75, 3.05) is 52.8 Å². The van der Waals surface area contributed by atoms with Gasteiger partial charge in [0.25, 0.3) is 5.91 Å². The number of methoxy groups -OCH3 is 1. The second kappa shape index (κ2) is 8.38. The highest BCUT2D eigenvalue weighted by Crippen LogP contribution is 2.33. The molecule has 0 bridgehead atoms. The van der Waals surface area contributed by atoms with E-state index in [-0.39, 0.29) is 23.6 Å². The number of benzene rings is 1. The molecule has 0 atom stereocenters. The average Bonchev–Trinajstić information content (AvgIpc) is 3.15. The lowest BCUT2D eigenvalue weighted by Crippen LogP contribution is -2.50. The van der Waals surface area contributed by atoms with Crippen LogP contribution in [-0.4, -0.2) is 74.6 Å². The van der Waals surface area contributed by atoms with Crippen LogP contribution in [0.1, 0.15) is 23.2 Å². The zero-order valence-electron chi connectivity index (χ0n) is 17.2. The van der Waals surface area contributed by atoms with E-state index in [4.69, 9.17) is 9.26 Å². The number of anilines is 1. The van der Waals surface area contributed by atoms with E-state index in [1.54, 1.807) is 19.0 Å². The second-order valence-corrected chi connectivity index (χ2v) is 7.66. The summed E-state index contributed by atoms with van der Waals surface area (Å²) < 4.78 is 24.2. The largest absolute Gasteiger partial charge is 0.494 e. The second-order valence-electron chi connectivity index (χ2n) is 7.66. The summed E-state index contributed by atoms with van der Waals surface area (Å²) in [5.74, 6) is -0.340. The third-order valence-electron chi connectivity index (χ3n) is 5.23. The molecular weight excluding hydrogens is 379 g/mol. The number of ether oxygens (including phenoxy) is 1. The van der Waals surface area contributed by atoms with Crippen molar-refractivity contribution in [3.05, 3.63) is 29.6 Å². The van der Waals surface area contributed by atoms with E-state index in [0.717, 1.165) is 13.1 Å². The molecule has 2 heterocycles. The first kappa shape index (κ1) is 21.1. The predicted molar refractivity (Wildman–Crippen MR) is 107 cm³/mol. The molecule has 29 heavy (non-hydrogen) atoms. The van der Waals surface area contributed by atoms with Crippen molar-refractivity contribution in [3.63, 3.8) is 0 Å². The Labute approximate surface area is 169 Å². The number of carbonyl (C=O) groups excluding carboxylic acids is 1. The van der Waals surface area contributed by atoms with E-state index in [9.17, 15) is 14.3 Å². The first-order chi connectivity index (χ1) is 13.7. The first-order valence-corrected chi connectivity index (χ1v) is 9.44. The van der Waals surface area contributed by atoms with Crippen molar-refractivity contribution >= 4 is 11.7 Å². The zero-order chi connectivity index (χ0) is 21.2. The van der Waals surface area contributed by atoms with Crippen molar-refractivity contribution < 1.29 is 23.6 Å². The number of nitrogens with one attached hydrogen (secondary N) is 1. The molecule has 1 aromatic heterocycles. The lowest BCUT2D eigenvalue weighted by atomic mass is 9.91. The van der Waals surface area contributed by atoms with Crippen LogP contribution in [-0.2, 0) is 0 Å². The van der Waals surface area contributed by atoms with Gasteiger partial charge in [-0.05, 0) is 38.1 Å². The van der Waals surface area contributed by atoms with Gasteiger partial charge in [0.1, 0.15) is 5.56 Å². The van der Waals surface area contributed by atoms with Crippen molar-refractivity contribution in [1.82, 2.24) is 15.4 Å². The van der Waals surface area contributed by atoms with Crippen LogP contribution in [0.3, 0.4) is 0 Å². The highest BCUT2D eigenvalue weighted by molar-refractivity contribution is 6.04. The standard InChI is InChI=1S/C20H27FN4O4/c1-24(2)18-16(19(26)22-12-20(27)7-9-25(3)10-8-20)17(29-23-18)13-5-6-14(21)15(11-13)28-4/h5-6,11,27H,7-10,12H2,1-4H3,(H,22,26). The molecule has 8 nitrogen and oxygen atoms in total. The Morgan fingerprint density at radius 2 is 2.10 bits per heavy atom. The third kappa shape index (κ3) is 4.51. The number of likely N-dealkylation sites (tertiary alicyclic amines) is 1. The maximum absolute atomic E-state index is 13.8. The number of amides is 1. The smallest absolute Gasteiger partial charge is 0.259 e. The molecule has 0 spiro atoms. The average molecular weight is 406 g/mol. The molecule has 3 rings (SSSR count). The van der Waals surface area contributed by atoms with Gasteiger partial charge in [-0.15, -0.1) is 0 Å². The maximum Gasteiger partial charge on any atom is 0.259 e. The molecule has 2 aromatic rings. The van der Waals surface area contributed by atoms with Crippen LogP contribution < -0.4 is 15.0 Å². The summed E-state index contributed by atoms with van der Waals surface area (Å²) in [7, 11) is 6.86. The lowest BCUT2D eigenvalue weighted by molar-refractivity contribution is -0.0135. The Kier molecular flexibility index (Phi) is 6.09. The highest BCUT2D eigenvalue weighted by Gasteiger charge is 2.33. The molecule has 0 saturated carbocycles. The molecular formula is C20H27FN4O4. The Morgan fingerprint density at radius 1 is 1.41 bits per heavy atom. The van der Waals surface area contributed by atoms with Crippen molar-refractivity contribution in [1.29, 1.82) is 0 Å². The van der Waals surface area contributed by atoms with Gasteiger partial charge in [-0.3, -0.25) is 4.79 Å². The molecule has 2 N–H and O–H groups in total. The van der Waals surface area contributed by atoms with E-state index in [0.29, 0.717) is 24.2 Å². The number of aliphatic hydroxyl groups is 1. The van der Waals surface area contributed by atoms with Gasteiger partial charge in [-0.2, -0.15) is 0 Å². The summed E-state index contributed by atoms with van der Waals surface area (Å²) in [4.78, 5) is 16.8. The molecule has 1 saturated heterocycles. The van der Waals surface area contributed by atoms with Crippen LogP contribution in [0.25, 0.3) is 11.3 Å². The molecule has 1 aliphatic rings. The van der Waals surface area contributed by atoms with E-state index in [2.05, 4.69) is 15.4 Å². The molecule has 0 radical (unpaired) electrons. The van der Waals surface area contributed by atoms with Crippen LogP contribution in [0.4, 0.5) is 10.2 Å². The molecule has 0 aliphatic carbocycles. The maximum atomic E-state index is 13.8. The zero-order valence-corrected chi connectivity index (χ0v) is 17.2. The van der Waals surface area contributed by atoms with E-state index < -0.39 is 17.3 Å². The summed E-state index contributed by atoms with van der Waals surface area (Å²) in [5.41, 5.74) is -0.260. The van der Waals surface area contributed by atoms with E-state index in [1.165, 1.54) is 25.3 Å². The molecule has 1 aromatic carbocycles. The van der Waals surface area contributed by atoms with Crippen LogP contribution in [0, 0.1) is 5.82 Å². The molecule has 158 valence electrons. The van der Waals surface area contributed by atoms with Gasteiger partial charge in [-0.25, -0.2) is 4.39 Å². The molecule has 1 amide bonds. The summed E-state index contributed by atoms with van der Waals surface area (Å²) in [6.45, 7) is 1.66. The van der Waals surface area contributed by atoms with Gasteiger partial charge >= 0.3 is 0 Å². The Balaban J connectivity index is 1.87. The number of nitrogens with zero attached hydrogens (tertiary/aromatic N) is 3. The Bertz CT molecular complexity index is 875. The first-order valence-electron chi connectivity index (χ1n) is 9.44. The quantitative estimate of drug-likeness (QED) is 0.755. The van der Waals surface area contributed by atoms with Crippen LogP contribution in [0.5, 0.6) is 5.75 Å². The van der Waals surface area contributed by atoms with Crippen LogP contribution in [0.2, 0.25) is 0 Å². The number of halogens is 1. The van der Waals surface area contributed by atoms with Crippen molar-refractivity contribution in [2.24, 2.45) is 0 Å². The normalized spacial score (nSPS) is 16.5. The molecule has 1 fully saturated rings. The third-order valence-corrected chi connectivity index (χ3v) is 5.23. The fourth-order valence-electron chi connectivity index (χ4n) is 3.33. The topological polar surface area (TPSA) is 91.1 Å². The van der Waals surface area contributed by atoms with Gasteiger partial charge in [0, 0.05) is 39.3 Å². The number of aromatic nitrogens is 1. The van der Waals surface area contributed by atoms with Gasteiger partial charge in [0.2, 0.25) is 0 Å². The number of hydrogen-bond acceptors (Lipinski definition) is 7. The van der Waals surface area contributed by atoms with E-state index >= 15 is 0 Å². The molecule has 9 heteroatoms. The number of hydrogen-bond donors (Lipinski definition) is 2. The highest BCUT2D eigenvalue weighted by atomic mass is 19.1. The van der Waals surface area contributed by atoms with Gasteiger partial charge in [0.15, 0.2) is 23.1 Å². The minimum atomic E-state index is -0.948. The van der Waals surface area contributed by atoms with E-state index in [1.807, 2.05) is 7.05 Å². The minimum absolute atomic E-state index is 0.0392. The van der Waals surface area contributed by atoms with Crippen molar-refractivity contribution in [2.45, 2.75) is 18.4 Å². The predicted octanol–water partition coefficient (Wildman–Crippen LogP) is 1.74. The summed E-state index contributed by atoms with van der Waals surface area (Å²) in [6.07, 6.45) is 1.16. The van der Waals surface area contributed by atoms with Gasteiger partial charge in [-0.1, -0.05) is 5.16 Å². The van der Waals surface area contributed by atoms with Gasteiger partial charge < -0.3 is 29.5 Å². The monoisotopic (exact) mass is 406 g/mol. The number of piperidine rings is 1. The SMILES string of the molecule is COc1cc(-c2onc(N(C)C)c2C(=O)NCC2(O)CCN(C)CC2)ccc1F. The van der Waals surface area contributed by atoms with Crippen LogP contribution >= 0.6 is 0 Å². The molecule has 1 aliphatic heterocycles. The lowest BCUT2D eigenvalue weighted by Gasteiger charge is -2.36. The molecule has 0 unspecified atom stereocenters. The summed E-state index contributed by atoms with van der Waals surface area (Å²) in [6, 6.07) is 4.20. The fourth-order valence-corrected chi connectivity index (χ4v) is 3.33.